The van der Waals surface area contributed by atoms with Gasteiger partial charge >= 0.3 is 5.97 Å². The maximum Gasteiger partial charge on any atom is 0.339 e. The molecule has 9 heteroatoms. The Morgan fingerprint density at radius 3 is 2.77 bits per heavy atom. The van der Waals surface area contributed by atoms with Crippen LogP contribution in [0.5, 0.6) is 0 Å². The van der Waals surface area contributed by atoms with Gasteiger partial charge < -0.3 is 18.8 Å². The van der Waals surface area contributed by atoms with Gasteiger partial charge in [-0.05, 0) is 40.8 Å². The van der Waals surface area contributed by atoms with Crippen molar-refractivity contribution in [3.8, 4) is 10.8 Å². The van der Waals surface area contributed by atoms with Gasteiger partial charge in [0, 0.05) is 25.6 Å². The molecule has 0 aliphatic carbocycles. The maximum atomic E-state index is 13.5. The van der Waals surface area contributed by atoms with E-state index in [1.54, 1.807) is 30.2 Å². The van der Waals surface area contributed by atoms with E-state index in [4.69, 9.17) is 13.9 Å². The molecule has 5 rings (SSSR count). The normalized spacial score (nSPS) is 14.9. The Hall–Kier alpha value is -3.82. The highest BCUT2D eigenvalue weighted by molar-refractivity contribution is 7.13. The Kier molecular flexibility index (Phi) is 6.69. The summed E-state index contributed by atoms with van der Waals surface area (Å²) in [6.07, 6.45) is 0.109. The van der Waals surface area contributed by atoms with Crippen LogP contribution in [0.1, 0.15) is 43.8 Å². The summed E-state index contributed by atoms with van der Waals surface area (Å²) in [5.74, 6) is 0.162. The zero-order valence-electron chi connectivity index (χ0n) is 19.0. The molecule has 1 aliphatic heterocycles. The summed E-state index contributed by atoms with van der Waals surface area (Å²) >= 11 is 1.50. The van der Waals surface area contributed by atoms with Crippen molar-refractivity contribution in [2.45, 2.75) is 19.1 Å². The highest BCUT2D eigenvalue weighted by Crippen LogP contribution is 2.31. The Balaban J connectivity index is 1.37. The van der Waals surface area contributed by atoms with Gasteiger partial charge in [0.05, 0.1) is 23.6 Å². The number of ether oxygens (including phenoxy) is 2. The van der Waals surface area contributed by atoms with Crippen LogP contribution in [0.25, 0.3) is 10.8 Å². The smallest absolute Gasteiger partial charge is 0.339 e. The summed E-state index contributed by atoms with van der Waals surface area (Å²) in [4.78, 5) is 28.6. The lowest BCUT2D eigenvalue weighted by Gasteiger charge is -2.26. The van der Waals surface area contributed by atoms with Crippen LogP contribution in [0, 0.1) is 0 Å². The quantitative estimate of drug-likeness (QED) is 0.335. The Labute approximate surface area is 206 Å². The average Bonchev–Trinajstić information content (AvgIpc) is 3.58. The summed E-state index contributed by atoms with van der Waals surface area (Å²) in [5.41, 5.74) is 2.65. The average molecular weight is 490 g/mol. The van der Waals surface area contributed by atoms with Crippen LogP contribution < -0.4 is 0 Å². The lowest BCUT2D eigenvalue weighted by Crippen LogP contribution is -2.34. The van der Waals surface area contributed by atoms with Crippen molar-refractivity contribution in [3.05, 3.63) is 94.2 Å². The highest BCUT2D eigenvalue weighted by Gasteiger charge is 2.29. The number of hydrogen-bond donors (Lipinski definition) is 0. The number of benzene rings is 2. The van der Waals surface area contributed by atoms with E-state index >= 15 is 0 Å². The number of carbonyl (C=O) groups excluding carboxylic acids is 2. The maximum absolute atomic E-state index is 13.5. The molecule has 0 N–H and O–H groups in total. The molecule has 1 amide bonds. The zero-order valence-corrected chi connectivity index (χ0v) is 19.9. The SMILES string of the molecule is COCCN(Cc1nnc(-c2cccs2)o1)C(=O)c1ccc2c(c1)C[C@@H](c1ccccc1)OC2=O. The molecule has 2 aromatic heterocycles. The molecule has 4 aromatic rings. The second-order valence-electron chi connectivity index (χ2n) is 8.08. The van der Waals surface area contributed by atoms with Crippen LogP contribution in [0.15, 0.2) is 70.5 Å². The van der Waals surface area contributed by atoms with Crippen molar-refractivity contribution in [3.63, 3.8) is 0 Å². The number of rotatable bonds is 8. The number of amides is 1. The molecule has 0 saturated heterocycles. The minimum Gasteiger partial charge on any atom is -0.454 e. The standard InChI is InChI=1S/C26H23N3O5S/c1-32-12-11-29(16-23-27-28-24(34-23)22-8-5-13-35-22)25(30)18-9-10-20-19(14-18)15-21(33-26(20)31)17-6-3-2-4-7-17/h2-10,13-14,21H,11-12,15-16H2,1H3/t21-/m0/s1. The van der Waals surface area contributed by atoms with Crippen LogP contribution in [0.2, 0.25) is 0 Å². The van der Waals surface area contributed by atoms with E-state index in [1.807, 2.05) is 47.8 Å². The molecule has 0 saturated carbocycles. The van der Waals surface area contributed by atoms with Crippen LogP contribution in [0.3, 0.4) is 0 Å². The molecule has 1 aliphatic rings. The number of carbonyl (C=O) groups is 2. The minimum atomic E-state index is -0.389. The summed E-state index contributed by atoms with van der Waals surface area (Å²) < 4.78 is 16.6. The predicted octanol–water partition coefficient (Wildman–Crippen LogP) is 4.54. The van der Waals surface area contributed by atoms with Crippen molar-refractivity contribution < 1.29 is 23.5 Å². The topological polar surface area (TPSA) is 94.8 Å². The van der Waals surface area contributed by atoms with Crippen LogP contribution in [-0.2, 0) is 22.4 Å². The number of thiophene rings is 1. The van der Waals surface area contributed by atoms with E-state index in [-0.39, 0.29) is 24.5 Å². The number of methoxy groups -OCH3 is 1. The fourth-order valence-electron chi connectivity index (χ4n) is 4.00. The van der Waals surface area contributed by atoms with Gasteiger partial charge in [-0.25, -0.2) is 4.79 Å². The minimum absolute atomic E-state index is 0.145. The molecule has 1 atom stereocenters. The van der Waals surface area contributed by atoms with Gasteiger partial charge in [0.1, 0.15) is 6.10 Å². The third-order valence-electron chi connectivity index (χ3n) is 5.78. The van der Waals surface area contributed by atoms with Crippen molar-refractivity contribution in [2.24, 2.45) is 0 Å². The Bertz CT molecular complexity index is 1320. The first-order valence-corrected chi connectivity index (χ1v) is 12.0. The summed E-state index contributed by atoms with van der Waals surface area (Å²) in [7, 11) is 1.58. The van der Waals surface area contributed by atoms with Crippen molar-refractivity contribution in [1.29, 1.82) is 0 Å². The number of fused-ring (bicyclic) bond motifs is 1. The predicted molar refractivity (Wildman–Crippen MR) is 129 cm³/mol. The molecule has 178 valence electrons. The molecule has 35 heavy (non-hydrogen) atoms. The van der Waals surface area contributed by atoms with E-state index in [0.717, 1.165) is 16.0 Å². The van der Waals surface area contributed by atoms with Gasteiger partial charge in [-0.2, -0.15) is 0 Å². The number of hydrogen-bond acceptors (Lipinski definition) is 8. The molecule has 0 radical (unpaired) electrons. The van der Waals surface area contributed by atoms with Crippen LogP contribution in [-0.4, -0.2) is 47.2 Å². The first-order chi connectivity index (χ1) is 17.1. The lowest BCUT2D eigenvalue weighted by molar-refractivity contribution is 0.0252. The fraction of sp³-hybridized carbons (Fsp3) is 0.231. The van der Waals surface area contributed by atoms with E-state index in [0.29, 0.717) is 42.5 Å². The monoisotopic (exact) mass is 489 g/mol. The van der Waals surface area contributed by atoms with Crippen molar-refractivity contribution >= 4 is 23.2 Å². The second kappa shape index (κ2) is 10.2. The van der Waals surface area contributed by atoms with Gasteiger partial charge in [0.2, 0.25) is 5.89 Å². The molecule has 2 aromatic carbocycles. The van der Waals surface area contributed by atoms with E-state index in [9.17, 15) is 9.59 Å². The molecular formula is C26H23N3O5S. The first kappa shape index (κ1) is 22.9. The lowest BCUT2D eigenvalue weighted by atomic mass is 9.93. The van der Waals surface area contributed by atoms with Crippen molar-refractivity contribution in [1.82, 2.24) is 15.1 Å². The number of aromatic nitrogens is 2. The van der Waals surface area contributed by atoms with Gasteiger partial charge in [0.15, 0.2) is 0 Å². The summed E-state index contributed by atoms with van der Waals surface area (Å²) in [5, 5.41) is 10.1. The molecule has 0 bridgehead atoms. The molecule has 0 unspecified atom stereocenters. The van der Waals surface area contributed by atoms with E-state index in [1.165, 1.54) is 11.3 Å². The molecular weight excluding hydrogens is 466 g/mol. The highest BCUT2D eigenvalue weighted by atomic mass is 32.1. The number of cyclic esters (lactones) is 1. The number of esters is 1. The van der Waals surface area contributed by atoms with E-state index < -0.39 is 0 Å². The summed E-state index contributed by atoms with van der Waals surface area (Å²) in [6, 6.07) is 18.5. The van der Waals surface area contributed by atoms with Crippen molar-refractivity contribution in [2.75, 3.05) is 20.3 Å². The molecule has 0 spiro atoms. The third kappa shape index (κ3) is 5.01. The van der Waals surface area contributed by atoms with E-state index in [2.05, 4.69) is 10.2 Å². The first-order valence-electron chi connectivity index (χ1n) is 11.2. The molecule has 3 heterocycles. The largest absolute Gasteiger partial charge is 0.454 e. The second-order valence-corrected chi connectivity index (χ2v) is 9.03. The van der Waals surface area contributed by atoms with Crippen LogP contribution >= 0.6 is 11.3 Å². The van der Waals surface area contributed by atoms with Gasteiger partial charge in [-0.3, -0.25) is 4.79 Å². The van der Waals surface area contributed by atoms with Gasteiger partial charge in [-0.1, -0.05) is 36.4 Å². The Morgan fingerprint density at radius 2 is 2.00 bits per heavy atom. The third-order valence-corrected chi connectivity index (χ3v) is 6.63. The molecule has 8 nitrogen and oxygen atoms in total. The Morgan fingerprint density at radius 1 is 1.14 bits per heavy atom. The zero-order chi connectivity index (χ0) is 24.2. The fourth-order valence-corrected chi connectivity index (χ4v) is 4.64. The number of nitrogens with zero attached hydrogens (tertiary/aromatic N) is 3. The van der Waals surface area contributed by atoms with Gasteiger partial charge in [-0.15, -0.1) is 21.5 Å². The van der Waals surface area contributed by atoms with Gasteiger partial charge in [0.25, 0.3) is 11.8 Å². The summed E-state index contributed by atoms with van der Waals surface area (Å²) in [6.45, 7) is 0.842. The molecule has 0 fully saturated rings. The van der Waals surface area contributed by atoms with Crippen LogP contribution in [0.4, 0.5) is 0 Å².